The molecule has 21 heavy (non-hydrogen) atoms. The minimum Gasteiger partial charge on any atom is -0.481 e. The van der Waals surface area contributed by atoms with Crippen molar-refractivity contribution in [1.29, 1.82) is 0 Å². The maximum absolute atomic E-state index is 12.4. The van der Waals surface area contributed by atoms with Crippen LogP contribution in [0.15, 0.2) is 48.5 Å². The maximum atomic E-state index is 12.4. The second-order valence-electron chi connectivity index (χ2n) is 5.50. The van der Waals surface area contributed by atoms with Gasteiger partial charge in [0.1, 0.15) is 0 Å². The summed E-state index contributed by atoms with van der Waals surface area (Å²) in [6.07, 6.45) is 0.725. The first-order valence-electron chi connectivity index (χ1n) is 7.02. The van der Waals surface area contributed by atoms with E-state index in [1.807, 2.05) is 48.5 Å². The van der Waals surface area contributed by atoms with Crippen molar-refractivity contribution in [3.05, 3.63) is 70.8 Å². The van der Waals surface area contributed by atoms with Gasteiger partial charge in [-0.25, -0.2) is 0 Å². The van der Waals surface area contributed by atoms with Gasteiger partial charge in [0.2, 0.25) is 0 Å². The maximum Gasteiger partial charge on any atom is 0.310 e. The molecule has 2 unspecified atom stereocenters. The van der Waals surface area contributed by atoms with E-state index in [-0.39, 0.29) is 11.7 Å². The van der Waals surface area contributed by atoms with E-state index in [0.717, 1.165) is 28.7 Å². The zero-order valence-corrected chi connectivity index (χ0v) is 11.7. The molecule has 0 aromatic heterocycles. The molecule has 106 valence electrons. The first kappa shape index (κ1) is 13.6. The Morgan fingerprint density at radius 3 is 2.43 bits per heavy atom. The highest BCUT2D eigenvalue weighted by Crippen LogP contribution is 2.34. The number of aliphatic carboxylic acids is 1. The molecule has 0 aliphatic heterocycles. The van der Waals surface area contributed by atoms with Gasteiger partial charge in [0.25, 0.3) is 0 Å². The fraction of sp³-hybridized carbons (Fsp3) is 0.222. The van der Waals surface area contributed by atoms with Gasteiger partial charge in [-0.1, -0.05) is 48.5 Å². The molecule has 0 spiro atoms. The fourth-order valence-electron chi connectivity index (χ4n) is 2.87. The highest BCUT2D eigenvalue weighted by Gasteiger charge is 2.31. The SMILES string of the molecule is CC(C(=O)O)c1ccc(C2Cc3ccccc3C2=O)cc1. The van der Waals surface area contributed by atoms with Crippen LogP contribution in [0.5, 0.6) is 0 Å². The fourth-order valence-corrected chi connectivity index (χ4v) is 2.87. The Kier molecular flexibility index (Phi) is 3.34. The highest BCUT2D eigenvalue weighted by atomic mass is 16.4. The van der Waals surface area contributed by atoms with E-state index in [1.54, 1.807) is 6.92 Å². The normalized spacial score (nSPS) is 18.3. The van der Waals surface area contributed by atoms with Crippen LogP contribution in [-0.4, -0.2) is 16.9 Å². The van der Waals surface area contributed by atoms with Crippen molar-refractivity contribution in [2.45, 2.75) is 25.2 Å². The van der Waals surface area contributed by atoms with E-state index in [2.05, 4.69) is 0 Å². The number of Topliss-reactive ketones (excluding diaryl/α,β-unsaturated/α-hetero) is 1. The van der Waals surface area contributed by atoms with Gasteiger partial charge < -0.3 is 5.11 Å². The van der Waals surface area contributed by atoms with Crippen LogP contribution < -0.4 is 0 Å². The summed E-state index contributed by atoms with van der Waals surface area (Å²) in [4.78, 5) is 23.4. The number of hydrogen-bond acceptors (Lipinski definition) is 2. The molecule has 0 heterocycles. The zero-order chi connectivity index (χ0) is 15.0. The molecular formula is C18H16O3. The van der Waals surface area contributed by atoms with E-state index in [4.69, 9.17) is 5.11 Å². The number of fused-ring (bicyclic) bond motifs is 1. The van der Waals surface area contributed by atoms with Gasteiger partial charge in [0.05, 0.1) is 11.8 Å². The summed E-state index contributed by atoms with van der Waals surface area (Å²) in [5, 5.41) is 9.02. The molecule has 0 saturated heterocycles. The van der Waals surface area contributed by atoms with Crippen molar-refractivity contribution >= 4 is 11.8 Å². The molecule has 0 amide bonds. The van der Waals surface area contributed by atoms with Crippen molar-refractivity contribution < 1.29 is 14.7 Å². The first-order valence-corrected chi connectivity index (χ1v) is 7.02. The lowest BCUT2D eigenvalue weighted by Crippen LogP contribution is -2.09. The van der Waals surface area contributed by atoms with Crippen LogP contribution in [0.4, 0.5) is 0 Å². The molecule has 0 fully saturated rings. The van der Waals surface area contributed by atoms with E-state index < -0.39 is 11.9 Å². The number of rotatable bonds is 3. The smallest absolute Gasteiger partial charge is 0.310 e. The Morgan fingerprint density at radius 2 is 1.81 bits per heavy atom. The van der Waals surface area contributed by atoms with Crippen molar-refractivity contribution in [2.75, 3.05) is 0 Å². The molecule has 3 rings (SSSR count). The van der Waals surface area contributed by atoms with Crippen LogP contribution in [0.1, 0.15) is 45.8 Å². The van der Waals surface area contributed by atoms with Crippen LogP contribution in [0.2, 0.25) is 0 Å². The van der Waals surface area contributed by atoms with Gasteiger partial charge in [-0.15, -0.1) is 0 Å². The standard InChI is InChI=1S/C18H16O3/c1-11(18(20)21)12-6-8-13(9-7-12)16-10-14-4-2-3-5-15(14)17(16)19/h2-9,11,16H,10H2,1H3,(H,20,21). The van der Waals surface area contributed by atoms with Gasteiger partial charge in [-0.3, -0.25) is 9.59 Å². The monoisotopic (exact) mass is 280 g/mol. The molecule has 0 radical (unpaired) electrons. The molecule has 1 aliphatic carbocycles. The van der Waals surface area contributed by atoms with Crippen LogP contribution in [0.3, 0.4) is 0 Å². The Bertz CT molecular complexity index is 701. The van der Waals surface area contributed by atoms with Crippen molar-refractivity contribution in [1.82, 2.24) is 0 Å². The van der Waals surface area contributed by atoms with Crippen LogP contribution >= 0.6 is 0 Å². The Labute approximate surface area is 123 Å². The van der Waals surface area contributed by atoms with Gasteiger partial charge >= 0.3 is 5.97 Å². The second-order valence-corrected chi connectivity index (χ2v) is 5.50. The van der Waals surface area contributed by atoms with Gasteiger partial charge in [0.15, 0.2) is 5.78 Å². The predicted octanol–water partition coefficient (Wildman–Crippen LogP) is 3.40. The number of carbonyl (C=O) groups is 2. The lowest BCUT2D eigenvalue weighted by molar-refractivity contribution is -0.138. The molecular weight excluding hydrogens is 264 g/mol. The Hall–Kier alpha value is -2.42. The number of hydrogen-bond donors (Lipinski definition) is 1. The van der Waals surface area contributed by atoms with Crippen molar-refractivity contribution in [3.8, 4) is 0 Å². The molecule has 3 heteroatoms. The average molecular weight is 280 g/mol. The average Bonchev–Trinajstić information content (AvgIpc) is 2.84. The molecule has 0 bridgehead atoms. The summed E-state index contributed by atoms with van der Waals surface area (Å²) in [7, 11) is 0. The van der Waals surface area contributed by atoms with E-state index in [0.29, 0.717) is 0 Å². The number of benzene rings is 2. The summed E-state index contributed by atoms with van der Waals surface area (Å²) in [5.41, 5.74) is 3.62. The highest BCUT2D eigenvalue weighted by molar-refractivity contribution is 6.05. The lowest BCUT2D eigenvalue weighted by atomic mass is 9.92. The van der Waals surface area contributed by atoms with Gasteiger partial charge in [0, 0.05) is 5.56 Å². The van der Waals surface area contributed by atoms with E-state index >= 15 is 0 Å². The third-order valence-electron chi connectivity index (χ3n) is 4.23. The quantitative estimate of drug-likeness (QED) is 0.937. The van der Waals surface area contributed by atoms with Crippen molar-refractivity contribution in [3.63, 3.8) is 0 Å². The minimum atomic E-state index is -0.841. The summed E-state index contributed by atoms with van der Waals surface area (Å²) >= 11 is 0. The molecule has 0 saturated carbocycles. The third kappa shape index (κ3) is 2.35. The number of ketones is 1. The van der Waals surface area contributed by atoms with Crippen LogP contribution in [-0.2, 0) is 11.2 Å². The Morgan fingerprint density at radius 1 is 1.14 bits per heavy atom. The molecule has 2 aromatic rings. The topological polar surface area (TPSA) is 54.4 Å². The minimum absolute atomic E-state index is 0.142. The Balaban J connectivity index is 1.87. The number of carboxylic acids is 1. The summed E-state index contributed by atoms with van der Waals surface area (Å²) in [5.74, 6) is -1.36. The van der Waals surface area contributed by atoms with E-state index in [1.165, 1.54) is 0 Å². The molecule has 3 nitrogen and oxygen atoms in total. The number of carbonyl (C=O) groups excluding carboxylic acids is 1. The van der Waals surface area contributed by atoms with Gasteiger partial charge in [-0.05, 0) is 30.0 Å². The summed E-state index contributed by atoms with van der Waals surface area (Å²) in [6.45, 7) is 1.66. The zero-order valence-electron chi connectivity index (χ0n) is 11.7. The predicted molar refractivity (Wildman–Crippen MR) is 79.7 cm³/mol. The first-order chi connectivity index (χ1) is 10.1. The van der Waals surface area contributed by atoms with E-state index in [9.17, 15) is 9.59 Å². The third-order valence-corrected chi connectivity index (χ3v) is 4.23. The molecule has 2 atom stereocenters. The van der Waals surface area contributed by atoms with Gasteiger partial charge in [-0.2, -0.15) is 0 Å². The van der Waals surface area contributed by atoms with Crippen molar-refractivity contribution in [2.24, 2.45) is 0 Å². The van der Waals surface area contributed by atoms with Crippen LogP contribution in [0, 0.1) is 0 Å². The summed E-state index contributed by atoms with van der Waals surface area (Å²) < 4.78 is 0. The van der Waals surface area contributed by atoms with Crippen LogP contribution in [0.25, 0.3) is 0 Å². The molecule has 2 aromatic carbocycles. The second kappa shape index (κ2) is 5.17. The lowest BCUT2D eigenvalue weighted by Gasteiger charge is -2.11. The molecule has 1 N–H and O–H groups in total. The number of carboxylic acid groups (broad SMARTS) is 1. The largest absolute Gasteiger partial charge is 0.481 e. The molecule has 1 aliphatic rings. The summed E-state index contributed by atoms with van der Waals surface area (Å²) in [6, 6.07) is 15.1.